The van der Waals surface area contributed by atoms with E-state index in [4.69, 9.17) is 4.74 Å². The molecule has 0 radical (unpaired) electrons. The van der Waals surface area contributed by atoms with Gasteiger partial charge in [0.25, 0.3) is 0 Å². The topological polar surface area (TPSA) is 74.2 Å². The largest absolute Gasteiger partial charge is 0.469 e. The molecule has 148 valence electrons. The van der Waals surface area contributed by atoms with E-state index in [0.29, 0.717) is 19.5 Å². The van der Waals surface area contributed by atoms with E-state index in [1.165, 1.54) is 17.6 Å². The van der Waals surface area contributed by atoms with Gasteiger partial charge >= 0.3 is 5.97 Å². The summed E-state index contributed by atoms with van der Waals surface area (Å²) in [7, 11) is 3.15. The lowest BCUT2D eigenvalue weighted by Crippen LogP contribution is -2.43. The van der Waals surface area contributed by atoms with Crippen molar-refractivity contribution in [3.8, 4) is 0 Å². The number of rotatable bonds is 4. The van der Waals surface area contributed by atoms with Gasteiger partial charge in [-0.15, -0.1) is 11.3 Å². The van der Waals surface area contributed by atoms with Crippen LogP contribution in [0.3, 0.4) is 0 Å². The Balaban J connectivity index is 1.46. The molecule has 1 amide bonds. The molecule has 2 atom stereocenters. The molecule has 1 aromatic heterocycles. The number of fused-ring (bicyclic) bond motifs is 1. The SMILES string of the molecule is CN=C(NCCC(=O)N1CCc2sccc2C1)N1CC(C)C(C(=O)OC)C1. The number of likely N-dealkylation sites (tertiary alicyclic amines) is 1. The van der Waals surface area contributed by atoms with Crippen molar-refractivity contribution in [1.29, 1.82) is 0 Å². The number of aliphatic imine (C=N–C) groups is 1. The minimum atomic E-state index is -0.173. The molecule has 1 N–H and O–H groups in total. The van der Waals surface area contributed by atoms with Gasteiger partial charge in [-0.1, -0.05) is 6.92 Å². The van der Waals surface area contributed by atoms with Gasteiger partial charge < -0.3 is 19.9 Å². The fourth-order valence-electron chi connectivity index (χ4n) is 3.83. The van der Waals surface area contributed by atoms with Gasteiger partial charge in [-0.05, 0) is 29.3 Å². The quantitative estimate of drug-likeness (QED) is 0.476. The number of nitrogens with one attached hydrogen (secondary N) is 1. The van der Waals surface area contributed by atoms with Crippen LogP contribution in [0.4, 0.5) is 0 Å². The van der Waals surface area contributed by atoms with E-state index in [9.17, 15) is 9.59 Å². The van der Waals surface area contributed by atoms with Crippen LogP contribution in [-0.4, -0.2) is 68.0 Å². The highest BCUT2D eigenvalue weighted by atomic mass is 32.1. The highest BCUT2D eigenvalue weighted by Gasteiger charge is 2.36. The molecule has 8 heteroatoms. The summed E-state index contributed by atoms with van der Waals surface area (Å²) >= 11 is 1.78. The third-order valence-corrected chi connectivity index (χ3v) is 6.43. The van der Waals surface area contributed by atoms with E-state index in [2.05, 4.69) is 26.7 Å². The molecule has 0 spiro atoms. The number of guanidine groups is 1. The number of hydrogen-bond acceptors (Lipinski definition) is 5. The van der Waals surface area contributed by atoms with Crippen molar-refractivity contribution >= 4 is 29.2 Å². The van der Waals surface area contributed by atoms with Gasteiger partial charge in [0, 0.05) is 51.1 Å². The predicted molar refractivity (Wildman–Crippen MR) is 106 cm³/mol. The normalized spacial score (nSPS) is 22.6. The predicted octanol–water partition coefficient (Wildman–Crippen LogP) is 1.34. The van der Waals surface area contributed by atoms with E-state index in [1.807, 2.05) is 11.8 Å². The van der Waals surface area contributed by atoms with Gasteiger partial charge in [0.15, 0.2) is 5.96 Å². The van der Waals surface area contributed by atoms with Crippen LogP contribution in [-0.2, 0) is 27.3 Å². The molecule has 3 heterocycles. The molecule has 2 unspecified atom stereocenters. The van der Waals surface area contributed by atoms with E-state index in [-0.39, 0.29) is 23.7 Å². The van der Waals surface area contributed by atoms with Crippen LogP contribution in [0.5, 0.6) is 0 Å². The molecule has 7 nitrogen and oxygen atoms in total. The summed E-state index contributed by atoms with van der Waals surface area (Å²) < 4.78 is 4.89. The fourth-order valence-corrected chi connectivity index (χ4v) is 4.72. The number of thiophene rings is 1. The van der Waals surface area contributed by atoms with Gasteiger partial charge in [0.2, 0.25) is 5.91 Å². The average Bonchev–Trinajstić information content (AvgIpc) is 3.30. The maximum Gasteiger partial charge on any atom is 0.310 e. The Labute approximate surface area is 164 Å². The van der Waals surface area contributed by atoms with Gasteiger partial charge in [-0.25, -0.2) is 0 Å². The molecular weight excluding hydrogens is 364 g/mol. The minimum absolute atomic E-state index is 0.136. The lowest BCUT2D eigenvalue weighted by molar-refractivity contribution is -0.146. The van der Waals surface area contributed by atoms with Gasteiger partial charge in [-0.3, -0.25) is 14.6 Å². The lowest BCUT2D eigenvalue weighted by atomic mass is 9.99. The summed E-state index contributed by atoms with van der Waals surface area (Å²) in [5, 5.41) is 5.37. The number of methoxy groups -OCH3 is 1. The molecule has 0 bridgehead atoms. The second-order valence-corrected chi connectivity index (χ2v) is 8.17. The maximum absolute atomic E-state index is 12.5. The first-order valence-corrected chi connectivity index (χ1v) is 10.3. The van der Waals surface area contributed by atoms with Crippen LogP contribution < -0.4 is 5.32 Å². The smallest absolute Gasteiger partial charge is 0.310 e. The molecule has 2 aliphatic rings. The van der Waals surface area contributed by atoms with Crippen molar-refractivity contribution in [3.63, 3.8) is 0 Å². The molecule has 3 rings (SSSR count). The first kappa shape index (κ1) is 19.7. The number of nitrogens with zero attached hydrogens (tertiary/aromatic N) is 3. The maximum atomic E-state index is 12.5. The monoisotopic (exact) mass is 392 g/mol. The number of hydrogen-bond donors (Lipinski definition) is 1. The number of ether oxygens (including phenoxy) is 1. The van der Waals surface area contributed by atoms with Gasteiger partial charge in [-0.2, -0.15) is 0 Å². The van der Waals surface area contributed by atoms with Crippen molar-refractivity contribution in [2.75, 3.05) is 40.3 Å². The Bertz CT molecular complexity index is 718. The molecule has 1 fully saturated rings. The number of carbonyl (C=O) groups is 2. The van der Waals surface area contributed by atoms with E-state index in [0.717, 1.165) is 32.0 Å². The van der Waals surface area contributed by atoms with Crippen molar-refractivity contribution in [3.05, 3.63) is 21.9 Å². The number of esters is 1. The van der Waals surface area contributed by atoms with Crippen LogP contribution in [0.1, 0.15) is 23.8 Å². The number of amides is 1. The number of carbonyl (C=O) groups excluding carboxylic acids is 2. The molecule has 0 saturated carbocycles. The molecule has 0 aliphatic carbocycles. The molecule has 1 saturated heterocycles. The average molecular weight is 393 g/mol. The third kappa shape index (κ3) is 4.43. The molecule has 1 aromatic rings. The summed E-state index contributed by atoms with van der Waals surface area (Å²) in [5.74, 6) is 0.805. The Hall–Kier alpha value is -2.09. The van der Waals surface area contributed by atoms with Crippen molar-refractivity contribution in [2.45, 2.75) is 26.3 Å². The van der Waals surface area contributed by atoms with E-state index >= 15 is 0 Å². The molecule has 0 aromatic carbocycles. The van der Waals surface area contributed by atoms with Crippen molar-refractivity contribution in [1.82, 2.24) is 15.1 Å². The van der Waals surface area contributed by atoms with Crippen LogP contribution in [0.25, 0.3) is 0 Å². The summed E-state index contributed by atoms with van der Waals surface area (Å²) in [4.78, 5) is 34.1. The zero-order valence-corrected chi connectivity index (χ0v) is 17.1. The zero-order valence-electron chi connectivity index (χ0n) is 16.2. The van der Waals surface area contributed by atoms with Crippen molar-refractivity contribution in [2.24, 2.45) is 16.8 Å². The van der Waals surface area contributed by atoms with Crippen LogP contribution in [0.15, 0.2) is 16.4 Å². The van der Waals surface area contributed by atoms with Crippen LogP contribution >= 0.6 is 11.3 Å². The zero-order chi connectivity index (χ0) is 19.4. The van der Waals surface area contributed by atoms with Crippen LogP contribution in [0.2, 0.25) is 0 Å². The van der Waals surface area contributed by atoms with Crippen molar-refractivity contribution < 1.29 is 14.3 Å². The summed E-state index contributed by atoms with van der Waals surface area (Å²) in [6, 6.07) is 2.12. The molecule has 2 aliphatic heterocycles. The third-order valence-electron chi connectivity index (χ3n) is 5.41. The second kappa shape index (κ2) is 8.73. The second-order valence-electron chi connectivity index (χ2n) is 7.17. The minimum Gasteiger partial charge on any atom is -0.469 e. The van der Waals surface area contributed by atoms with Crippen LogP contribution in [0, 0.1) is 11.8 Å². The first-order valence-electron chi connectivity index (χ1n) is 9.40. The lowest BCUT2D eigenvalue weighted by Gasteiger charge is -2.27. The van der Waals surface area contributed by atoms with Gasteiger partial charge in [0.1, 0.15) is 0 Å². The fraction of sp³-hybridized carbons (Fsp3) is 0.632. The first-order chi connectivity index (χ1) is 13.0. The Morgan fingerprint density at radius 1 is 1.37 bits per heavy atom. The highest BCUT2D eigenvalue weighted by Crippen LogP contribution is 2.25. The summed E-state index contributed by atoms with van der Waals surface area (Å²) in [6.07, 6.45) is 1.39. The van der Waals surface area contributed by atoms with E-state index < -0.39 is 0 Å². The summed E-state index contributed by atoms with van der Waals surface area (Å²) in [5.41, 5.74) is 1.28. The van der Waals surface area contributed by atoms with E-state index in [1.54, 1.807) is 18.4 Å². The Morgan fingerprint density at radius 2 is 2.19 bits per heavy atom. The Morgan fingerprint density at radius 3 is 2.93 bits per heavy atom. The summed E-state index contributed by atoms with van der Waals surface area (Å²) in [6.45, 7) is 5.44. The standard InChI is InChI=1S/C19H28N4O3S/c1-13-10-23(12-15(13)18(25)26-3)19(20-2)21-7-4-17(24)22-8-5-16-14(11-22)6-9-27-16/h6,9,13,15H,4-5,7-8,10-12H2,1-3H3,(H,20,21). The molecular formula is C19H28N4O3S. The Kier molecular flexibility index (Phi) is 6.36. The highest BCUT2D eigenvalue weighted by molar-refractivity contribution is 7.10. The molecule has 27 heavy (non-hydrogen) atoms. The van der Waals surface area contributed by atoms with Gasteiger partial charge in [0.05, 0.1) is 13.0 Å².